The van der Waals surface area contributed by atoms with Crippen molar-refractivity contribution >= 4 is 18.3 Å². The zero-order valence-electron chi connectivity index (χ0n) is 22.0. The van der Waals surface area contributed by atoms with E-state index >= 15 is 0 Å². The average Bonchev–Trinajstić information content (AvgIpc) is 2.57. The Kier molecular flexibility index (Phi) is 12.0. The highest BCUT2D eigenvalue weighted by Crippen LogP contribution is 2.17. The molecule has 0 spiro atoms. The minimum atomic E-state index is -0.748. The van der Waals surface area contributed by atoms with Crippen molar-refractivity contribution in [2.75, 3.05) is 19.6 Å². The van der Waals surface area contributed by atoms with Gasteiger partial charge in [0.25, 0.3) is 0 Å². The largest absolute Gasteiger partial charge is 0.444 e. The second-order valence-corrected chi connectivity index (χ2v) is 11.3. The molecule has 33 heavy (non-hydrogen) atoms. The van der Waals surface area contributed by atoms with Gasteiger partial charge >= 0.3 is 18.3 Å². The monoisotopic (exact) mass is 474 g/mol. The molecule has 5 N–H and O–H groups in total. The molecule has 0 saturated heterocycles. The molecular formula is C23H46N4O6. The second kappa shape index (κ2) is 12.9. The molecule has 0 bridgehead atoms. The van der Waals surface area contributed by atoms with Crippen LogP contribution in [0.2, 0.25) is 0 Å². The van der Waals surface area contributed by atoms with E-state index in [9.17, 15) is 14.4 Å². The van der Waals surface area contributed by atoms with Crippen LogP contribution in [0.25, 0.3) is 0 Å². The predicted octanol–water partition coefficient (Wildman–Crippen LogP) is 3.82. The van der Waals surface area contributed by atoms with Crippen LogP contribution in [-0.2, 0) is 14.2 Å². The van der Waals surface area contributed by atoms with Crippen molar-refractivity contribution in [2.45, 2.75) is 110 Å². The highest BCUT2D eigenvalue weighted by atomic mass is 16.6. The predicted molar refractivity (Wildman–Crippen MR) is 128 cm³/mol. The number of carbonyl (C=O) groups is 3. The fraction of sp³-hybridized carbons (Fsp3) is 0.870. The van der Waals surface area contributed by atoms with E-state index in [2.05, 4.69) is 16.0 Å². The molecule has 0 atom stereocenters. The molecular weight excluding hydrogens is 428 g/mol. The first kappa shape index (κ1) is 30.8. The minimum Gasteiger partial charge on any atom is -0.444 e. The molecule has 0 aromatic rings. The molecule has 10 heteroatoms. The number of hydrogen-bond acceptors (Lipinski definition) is 7. The first-order valence-electron chi connectivity index (χ1n) is 11.5. The van der Waals surface area contributed by atoms with E-state index in [0.29, 0.717) is 38.8 Å². The molecule has 10 nitrogen and oxygen atoms in total. The lowest BCUT2D eigenvalue weighted by atomic mass is 9.89. The van der Waals surface area contributed by atoms with Crippen LogP contribution in [0.4, 0.5) is 14.4 Å². The fourth-order valence-electron chi connectivity index (χ4n) is 2.75. The lowest BCUT2D eigenvalue weighted by Crippen LogP contribution is -2.51. The van der Waals surface area contributed by atoms with Crippen molar-refractivity contribution in [3.8, 4) is 0 Å². The number of alkyl carbamates (subject to hydrolysis) is 3. The summed E-state index contributed by atoms with van der Waals surface area (Å²) in [6.45, 7) is 17.1. The first-order valence-corrected chi connectivity index (χ1v) is 11.5. The number of ether oxygens (including phenoxy) is 3. The summed E-state index contributed by atoms with van der Waals surface area (Å²) in [5, 5.41) is 8.15. The van der Waals surface area contributed by atoms with Crippen molar-refractivity contribution in [1.29, 1.82) is 0 Å². The van der Waals surface area contributed by atoms with Crippen LogP contribution in [0.5, 0.6) is 0 Å². The molecule has 194 valence electrons. The summed E-state index contributed by atoms with van der Waals surface area (Å²) in [5.41, 5.74) is 4.09. The van der Waals surface area contributed by atoms with Gasteiger partial charge in [0.05, 0.1) is 0 Å². The van der Waals surface area contributed by atoms with E-state index in [-0.39, 0.29) is 6.54 Å². The molecule has 0 aliphatic heterocycles. The van der Waals surface area contributed by atoms with Crippen molar-refractivity contribution in [3.63, 3.8) is 0 Å². The van der Waals surface area contributed by atoms with Crippen LogP contribution in [0, 0.1) is 0 Å². The molecule has 3 amide bonds. The maximum absolute atomic E-state index is 12.1. The van der Waals surface area contributed by atoms with Crippen LogP contribution in [0.3, 0.4) is 0 Å². The molecule has 0 radical (unpaired) electrons. The lowest BCUT2D eigenvalue weighted by molar-refractivity contribution is 0.0510. The maximum Gasteiger partial charge on any atom is 0.407 e. The Hall–Kier alpha value is -2.23. The Labute approximate surface area is 199 Å². The minimum absolute atomic E-state index is 0.195. The molecule has 0 rings (SSSR count). The summed E-state index contributed by atoms with van der Waals surface area (Å²) in [7, 11) is 0. The highest BCUT2D eigenvalue weighted by molar-refractivity contribution is 5.68. The van der Waals surface area contributed by atoms with E-state index in [1.165, 1.54) is 0 Å². The molecule has 0 unspecified atom stereocenters. The SMILES string of the molecule is CC(C)(C)OC(=O)NCCCC(N)(CCCNC(=O)OC(C)(C)C)CNC(=O)OC(C)(C)C. The third kappa shape index (κ3) is 19.0. The summed E-state index contributed by atoms with van der Waals surface area (Å²) in [6, 6.07) is 0. The topological polar surface area (TPSA) is 141 Å². The quantitative estimate of drug-likeness (QED) is 0.278. The normalized spacial score (nSPS) is 12.5. The molecule has 0 aromatic carbocycles. The number of hydrogen-bond donors (Lipinski definition) is 4. The van der Waals surface area contributed by atoms with Gasteiger partial charge in [-0.3, -0.25) is 0 Å². The Bertz CT molecular complexity index is 596. The van der Waals surface area contributed by atoms with Crippen molar-refractivity contribution in [1.82, 2.24) is 16.0 Å². The van der Waals surface area contributed by atoms with Gasteiger partial charge in [-0.25, -0.2) is 14.4 Å². The Morgan fingerprint density at radius 2 is 0.909 bits per heavy atom. The van der Waals surface area contributed by atoms with E-state index in [1.54, 1.807) is 62.3 Å². The first-order chi connectivity index (χ1) is 14.8. The molecule has 0 aliphatic carbocycles. The van der Waals surface area contributed by atoms with Gasteiger partial charge in [-0.05, 0) is 88.0 Å². The summed E-state index contributed by atoms with van der Waals surface area (Å²) in [6.07, 6.45) is 0.722. The summed E-state index contributed by atoms with van der Waals surface area (Å²) >= 11 is 0. The van der Waals surface area contributed by atoms with Crippen LogP contribution in [-0.4, -0.2) is 60.3 Å². The zero-order chi connectivity index (χ0) is 25.9. The smallest absolute Gasteiger partial charge is 0.407 e. The lowest BCUT2D eigenvalue weighted by Gasteiger charge is -2.31. The van der Waals surface area contributed by atoms with Crippen LogP contribution in [0.1, 0.15) is 88.0 Å². The Morgan fingerprint density at radius 1 is 0.606 bits per heavy atom. The summed E-state index contributed by atoms with van der Waals surface area (Å²) in [4.78, 5) is 35.7. The van der Waals surface area contributed by atoms with Gasteiger partial charge in [0.15, 0.2) is 0 Å². The van der Waals surface area contributed by atoms with Crippen molar-refractivity contribution in [2.24, 2.45) is 5.73 Å². The van der Waals surface area contributed by atoms with Crippen LogP contribution < -0.4 is 21.7 Å². The molecule has 0 fully saturated rings. The van der Waals surface area contributed by atoms with Gasteiger partial charge in [0.1, 0.15) is 16.8 Å². The fourth-order valence-corrected chi connectivity index (χ4v) is 2.75. The van der Waals surface area contributed by atoms with Gasteiger partial charge in [0.2, 0.25) is 0 Å². The molecule has 0 aromatic heterocycles. The summed E-state index contributed by atoms with van der Waals surface area (Å²) in [5.74, 6) is 0. The van der Waals surface area contributed by atoms with Gasteiger partial charge in [-0.2, -0.15) is 0 Å². The maximum atomic E-state index is 12.1. The van der Waals surface area contributed by atoms with Gasteiger partial charge < -0.3 is 35.9 Å². The molecule has 0 saturated carbocycles. The van der Waals surface area contributed by atoms with Crippen LogP contribution >= 0.6 is 0 Å². The van der Waals surface area contributed by atoms with E-state index in [1.807, 2.05) is 0 Å². The number of nitrogens with two attached hydrogens (primary N) is 1. The van der Waals surface area contributed by atoms with E-state index in [4.69, 9.17) is 19.9 Å². The highest BCUT2D eigenvalue weighted by Gasteiger charge is 2.27. The number of carbonyl (C=O) groups excluding carboxylic acids is 3. The van der Waals surface area contributed by atoms with Gasteiger partial charge in [-0.15, -0.1) is 0 Å². The number of rotatable bonds is 10. The van der Waals surface area contributed by atoms with E-state index in [0.717, 1.165) is 0 Å². The summed E-state index contributed by atoms with van der Waals surface area (Å²) < 4.78 is 15.7. The third-order valence-corrected chi connectivity index (χ3v) is 4.02. The third-order valence-electron chi connectivity index (χ3n) is 4.02. The number of nitrogens with one attached hydrogen (secondary N) is 3. The van der Waals surface area contributed by atoms with Crippen molar-refractivity contribution in [3.05, 3.63) is 0 Å². The number of amides is 3. The molecule has 0 aliphatic rings. The second-order valence-electron chi connectivity index (χ2n) is 11.3. The van der Waals surface area contributed by atoms with Gasteiger partial charge in [0, 0.05) is 25.2 Å². The zero-order valence-corrected chi connectivity index (χ0v) is 22.0. The standard InChI is InChI=1S/C23H46N4O6/c1-20(2,3)31-17(28)25-14-10-12-23(24,16-27-19(30)33-22(7,8)9)13-11-15-26-18(29)32-21(4,5)6/h10-16,24H2,1-9H3,(H,25,28)(H,26,29)(H,27,30). The molecule has 0 heterocycles. The Morgan fingerprint density at radius 3 is 1.21 bits per heavy atom. The Balaban J connectivity index is 4.72. The van der Waals surface area contributed by atoms with E-state index < -0.39 is 40.6 Å². The van der Waals surface area contributed by atoms with Gasteiger partial charge in [-0.1, -0.05) is 0 Å². The van der Waals surface area contributed by atoms with Crippen LogP contribution in [0.15, 0.2) is 0 Å². The van der Waals surface area contributed by atoms with Crippen molar-refractivity contribution < 1.29 is 28.6 Å². The average molecular weight is 475 g/mol.